The van der Waals surface area contributed by atoms with Crippen molar-refractivity contribution < 1.29 is 19.0 Å². The van der Waals surface area contributed by atoms with Crippen molar-refractivity contribution in [3.05, 3.63) is 47.7 Å². The standard InChI is InChI=1S/C21H27N3O4/c1-14-12-24(13-15(2)28-14)20-8-5-16(10-22-20)11-23-21(25)17-6-7-18(26-3)19(9-17)27-4/h5-10,14-15H,11-13H2,1-4H3,(H,23,25). The average Bonchev–Trinajstić information content (AvgIpc) is 2.71. The maximum atomic E-state index is 12.4. The zero-order valence-electron chi connectivity index (χ0n) is 16.8. The summed E-state index contributed by atoms with van der Waals surface area (Å²) in [5.41, 5.74) is 1.45. The number of carbonyl (C=O) groups is 1. The van der Waals surface area contributed by atoms with E-state index in [0.29, 0.717) is 23.6 Å². The molecule has 1 N–H and O–H groups in total. The van der Waals surface area contributed by atoms with Gasteiger partial charge in [0, 0.05) is 31.4 Å². The Morgan fingerprint density at radius 1 is 1.14 bits per heavy atom. The molecule has 7 heteroatoms. The van der Waals surface area contributed by atoms with E-state index in [9.17, 15) is 4.79 Å². The second-order valence-electron chi connectivity index (χ2n) is 6.94. The fourth-order valence-corrected chi connectivity index (χ4v) is 3.34. The van der Waals surface area contributed by atoms with Crippen LogP contribution in [0, 0.1) is 0 Å². The van der Waals surface area contributed by atoms with E-state index in [1.165, 1.54) is 0 Å². The molecule has 7 nitrogen and oxygen atoms in total. The zero-order chi connectivity index (χ0) is 20.1. The predicted octanol–water partition coefficient (Wildman–Crippen LogP) is 2.64. The van der Waals surface area contributed by atoms with E-state index in [0.717, 1.165) is 24.5 Å². The van der Waals surface area contributed by atoms with Gasteiger partial charge in [-0.25, -0.2) is 4.98 Å². The topological polar surface area (TPSA) is 72.9 Å². The van der Waals surface area contributed by atoms with Crippen molar-refractivity contribution in [3.8, 4) is 11.5 Å². The number of nitrogens with one attached hydrogen (secondary N) is 1. The summed E-state index contributed by atoms with van der Waals surface area (Å²) in [4.78, 5) is 19.2. The van der Waals surface area contributed by atoms with Gasteiger partial charge in [-0.05, 0) is 43.7 Å². The molecule has 2 heterocycles. The molecule has 1 aliphatic heterocycles. The first-order valence-corrected chi connectivity index (χ1v) is 9.35. The second kappa shape index (κ2) is 8.93. The van der Waals surface area contributed by atoms with Gasteiger partial charge in [-0.15, -0.1) is 0 Å². The minimum absolute atomic E-state index is 0.180. The molecule has 3 rings (SSSR count). The Labute approximate surface area is 165 Å². The van der Waals surface area contributed by atoms with Gasteiger partial charge in [0.05, 0.1) is 26.4 Å². The van der Waals surface area contributed by atoms with Crippen molar-refractivity contribution >= 4 is 11.7 Å². The van der Waals surface area contributed by atoms with Crippen LogP contribution in [-0.4, -0.2) is 50.4 Å². The number of benzene rings is 1. The maximum absolute atomic E-state index is 12.4. The third-order valence-corrected chi connectivity index (χ3v) is 4.65. The number of hydrogen-bond donors (Lipinski definition) is 1. The zero-order valence-corrected chi connectivity index (χ0v) is 16.8. The molecule has 0 radical (unpaired) electrons. The predicted molar refractivity (Wildman–Crippen MR) is 107 cm³/mol. The summed E-state index contributed by atoms with van der Waals surface area (Å²) >= 11 is 0. The maximum Gasteiger partial charge on any atom is 0.251 e. The Balaban J connectivity index is 1.59. The van der Waals surface area contributed by atoms with Gasteiger partial charge in [0.25, 0.3) is 5.91 Å². The van der Waals surface area contributed by atoms with Gasteiger partial charge in [-0.3, -0.25) is 4.79 Å². The fourth-order valence-electron chi connectivity index (χ4n) is 3.34. The highest BCUT2D eigenvalue weighted by atomic mass is 16.5. The molecular weight excluding hydrogens is 358 g/mol. The molecule has 0 saturated carbocycles. The molecule has 1 aromatic heterocycles. The van der Waals surface area contributed by atoms with Crippen molar-refractivity contribution in [2.75, 3.05) is 32.2 Å². The number of hydrogen-bond acceptors (Lipinski definition) is 6. The number of anilines is 1. The summed E-state index contributed by atoms with van der Waals surface area (Å²) in [5, 5.41) is 2.91. The molecule has 28 heavy (non-hydrogen) atoms. The average molecular weight is 385 g/mol. The highest BCUT2D eigenvalue weighted by Crippen LogP contribution is 2.27. The number of nitrogens with zero attached hydrogens (tertiary/aromatic N) is 2. The number of morpholine rings is 1. The lowest BCUT2D eigenvalue weighted by atomic mass is 10.1. The third-order valence-electron chi connectivity index (χ3n) is 4.65. The lowest BCUT2D eigenvalue weighted by Crippen LogP contribution is -2.45. The van der Waals surface area contributed by atoms with Gasteiger partial charge >= 0.3 is 0 Å². The molecule has 2 aromatic rings. The van der Waals surface area contributed by atoms with Gasteiger partial charge < -0.3 is 24.4 Å². The number of amides is 1. The molecular formula is C21H27N3O4. The van der Waals surface area contributed by atoms with Crippen molar-refractivity contribution in [2.24, 2.45) is 0 Å². The molecule has 1 aliphatic rings. The monoisotopic (exact) mass is 385 g/mol. The van der Waals surface area contributed by atoms with Crippen LogP contribution < -0.4 is 19.7 Å². The van der Waals surface area contributed by atoms with Crippen molar-refractivity contribution in [3.63, 3.8) is 0 Å². The van der Waals surface area contributed by atoms with Crippen LogP contribution in [0.5, 0.6) is 11.5 Å². The van der Waals surface area contributed by atoms with E-state index < -0.39 is 0 Å². The van der Waals surface area contributed by atoms with Crippen LogP contribution >= 0.6 is 0 Å². The van der Waals surface area contributed by atoms with Crippen LogP contribution in [0.4, 0.5) is 5.82 Å². The first kappa shape index (κ1) is 19.9. The minimum Gasteiger partial charge on any atom is -0.493 e. The van der Waals surface area contributed by atoms with Crippen molar-refractivity contribution in [2.45, 2.75) is 32.6 Å². The van der Waals surface area contributed by atoms with Crippen molar-refractivity contribution in [1.29, 1.82) is 0 Å². The first-order chi connectivity index (χ1) is 13.5. The number of rotatable bonds is 6. The van der Waals surface area contributed by atoms with Crippen LogP contribution in [0.15, 0.2) is 36.5 Å². The van der Waals surface area contributed by atoms with Gasteiger partial charge in [-0.2, -0.15) is 0 Å². The quantitative estimate of drug-likeness (QED) is 0.824. The Morgan fingerprint density at radius 3 is 2.46 bits per heavy atom. The Hall–Kier alpha value is -2.80. The Kier molecular flexibility index (Phi) is 6.36. The normalized spacial score (nSPS) is 19.2. The van der Waals surface area contributed by atoms with Crippen LogP contribution in [0.3, 0.4) is 0 Å². The van der Waals surface area contributed by atoms with Gasteiger partial charge in [0.2, 0.25) is 0 Å². The molecule has 2 atom stereocenters. The number of ether oxygens (including phenoxy) is 3. The largest absolute Gasteiger partial charge is 0.493 e. The minimum atomic E-state index is -0.180. The molecule has 2 unspecified atom stereocenters. The molecule has 1 fully saturated rings. The smallest absolute Gasteiger partial charge is 0.251 e. The Morgan fingerprint density at radius 2 is 1.86 bits per heavy atom. The third kappa shape index (κ3) is 4.72. The summed E-state index contributed by atoms with van der Waals surface area (Å²) in [6.07, 6.45) is 2.17. The molecule has 0 bridgehead atoms. The van der Waals surface area contributed by atoms with E-state index in [4.69, 9.17) is 14.2 Å². The molecule has 1 saturated heterocycles. The number of carbonyl (C=O) groups excluding carboxylic acids is 1. The van der Waals surface area contributed by atoms with E-state index in [1.54, 1.807) is 38.6 Å². The van der Waals surface area contributed by atoms with E-state index >= 15 is 0 Å². The van der Waals surface area contributed by atoms with Crippen LogP contribution in [0.25, 0.3) is 0 Å². The van der Waals surface area contributed by atoms with Crippen LogP contribution in [0.1, 0.15) is 29.8 Å². The number of methoxy groups -OCH3 is 2. The molecule has 0 spiro atoms. The lowest BCUT2D eigenvalue weighted by molar-refractivity contribution is -0.00546. The van der Waals surface area contributed by atoms with Gasteiger partial charge in [0.15, 0.2) is 11.5 Å². The summed E-state index contributed by atoms with van der Waals surface area (Å²) in [5.74, 6) is 1.86. The SMILES string of the molecule is COc1ccc(C(=O)NCc2ccc(N3CC(C)OC(C)C3)nc2)cc1OC. The highest BCUT2D eigenvalue weighted by molar-refractivity contribution is 5.94. The fraction of sp³-hybridized carbons (Fsp3) is 0.429. The van der Waals surface area contributed by atoms with E-state index in [2.05, 4.69) is 29.0 Å². The Bertz CT molecular complexity index is 800. The number of aromatic nitrogens is 1. The molecule has 1 amide bonds. The first-order valence-electron chi connectivity index (χ1n) is 9.35. The summed E-state index contributed by atoms with van der Waals surface area (Å²) in [7, 11) is 3.11. The molecule has 1 aromatic carbocycles. The van der Waals surface area contributed by atoms with Crippen molar-refractivity contribution in [1.82, 2.24) is 10.3 Å². The van der Waals surface area contributed by atoms with Crippen LogP contribution in [-0.2, 0) is 11.3 Å². The number of pyridine rings is 1. The van der Waals surface area contributed by atoms with Crippen LogP contribution in [0.2, 0.25) is 0 Å². The summed E-state index contributed by atoms with van der Waals surface area (Å²) in [6, 6.07) is 9.06. The summed E-state index contributed by atoms with van der Waals surface area (Å²) < 4.78 is 16.2. The highest BCUT2D eigenvalue weighted by Gasteiger charge is 2.23. The lowest BCUT2D eigenvalue weighted by Gasteiger charge is -2.36. The second-order valence-corrected chi connectivity index (χ2v) is 6.94. The summed E-state index contributed by atoms with van der Waals surface area (Å²) in [6.45, 7) is 6.19. The van der Waals surface area contributed by atoms with Gasteiger partial charge in [-0.1, -0.05) is 6.07 Å². The van der Waals surface area contributed by atoms with E-state index in [1.807, 2.05) is 12.1 Å². The molecule has 150 valence electrons. The van der Waals surface area contributed by atoms with Gasteiger partial charge in [0.1, 0.15) is 5.82 Å². The molecule has 0 aliphatic carbocycles. The van der Waals surface area contributed by atoms with E-state index in [-0.39, 0.29) is 18.1 Å².